The van der Waals surface area contributed by atoms with Crippen LogP contribution in [-0.4, -0.2) is 60.9 Å². The molecule has 1 saturated carbocycles. The second-order valence-electron chi connectivity index (χ2n) is 7.50. The Bertz CT molecular complexity index is 685. The molecule has 26 heavy (non-hydrogen) atoms. The van der Waals surface area contributed by atoms with Crippen LogP contribution in [0, 0.1) is 17.2 Å². The summed E-state index contributed by atoms with van der Waals surface area (Å²) in [6.07, 6.45) is 3.22. The first-order valence-corrected chi connectivity index (χ1v) is 9.13. The smallest absolute Gasteiger partial charge is 0.254 e. The van der Waals surface area contributed by atoms with E-state index in [1.165, 1.54) is 12.1 Å². The molecule has 0 aromatic heterocycles. The van der Waals surface area contributed by atoms with Crippen LogP contribution < -0.4 is 5.32 Å². The molecular weight excluding hydrogens is 357 g/mol. The van der Waals surface area contributed by atoms with E-state index in [-0.39, 0.29) is 35.6 Å². The number of piperazine rings is 1. The molecular formula is C19H25ClFN3O2. The van der Waals surface area contributed by atoms with Crippen LogP contribution in [0.15, 0.2) is 24.3 Å². The van der Waals surface area contributed by atoms with Crippen LogP contribution in [0.2, 0.25) is 0 Å². The van der Waals surface area contributed by atoms with Gasteiger partial charge in [-0.15, -0.1) is 12.4 Å². The second kappa shape index (κ2) is 7.53. The molecule has 4 rings (SSSR count). The Morgan fingerprint density at radius 3 is 2.38 bits per heavy atom. The van der Waals surface area contributed by atoms with Crippen molar-refractivity contribution in [2.45, 2.75) is 19.3 Å². The number of piperidine rings is 1. The number of benzene rings is 1. The molecule has 1 spiro atoms. The molecule has 2 amide bonds. The van der Waals surface area contributed by atoms with E-state index in [4.69, 9.17) is 0 Å². The van der Waals surface area contributed by atoms with E-state index >= 15 is 0 Å². The molecule has 2 saturated heterocycles. The molecule has 1 aromatic carbocycles. The summed E-state index contributed by atoms with van der Waals surface area (Å²) in [7, 11) is 0. The molecule has 5 nitrogen and oxygen atoms in total. The molecule has 3 aliphatic rings. The van der Waals surface area contributed by atoms with Crippen molar-refractivity contribution in [3.8, 4) is 0 Å². The van der Waals surface area contributed by atoms with Gasteiger partial charge < -0.3 is 15.1 Å². The zero-order valence-corrected chi connectivity index (χ0v) is 15.6. The van der Waals surface area contributed by atoms with Gasteiger partial charge in [-0.25, -0.2) is 4.39 Å². The van der Waals surface area contributed by atoms with Gasteiger partial charge in [0.2, 0.25) is 5.91 Å². The van der Waals surface area contributed by atoms with Gasteiger partial charge in [-0.05, 0) is 56.0 Å². The minimum Gasteiger partial charge on any atom is -0.339 e. The van der Waals surface area contributed by atoms with E-state index < -0.39 is 5.82 Å². The molecule has 2 aliphatic heterocycles. The normalized spacial score (nSPS) is 24.1. The van der Waals surface area contributed by atoms with Gasteiger partial charge in [0, 0.05) is 37.7 Å². The molecule has 1 unspecified atom stereocenters. The maximum absolute atomic E-state index is 13.3. The summed E-state index contributed by atoms with van der Waals surface area (Å²) >= 11 is 0. The lowest BCUT2D eigenvalue weighted by molar-refractivity contribution is -0.135. The highest BCUT2D eigenvalue weighted by molar-refractivity contribution is 5.94. The Morgan fingerprint density at radius 1 is 1.08 bits per heavy atom. The minimum absolute atomic E-state index is 0. The summed E-state index contributed by atoms with van der Waals surface area (Å²) in [5.41, 5.74) is 0.618. The summed E-state index contributed by atoms with van der Waals surface area (Å²) in [4.78, 5) is 28.9. The van der Waals surface area contributed by atoms with Crippen molar-refractivity contribution >= 4 is 24.2 Å². The topological polar surface area (TPSA) is 52.7 Å². The zero-order chi connectivity index (χ0) is 17.4. The van der Waals surface area contributed by atoms with Crippen molar-refractivity contribution in [3.05, 3.63) is 35.6 Å². The number of carbonyl (C=O) groups excluding carboxylic acids is 2. The van der Waals surface area contributed by atoms with Gasteiger partial charge in [-0.3, -0.25) is 9.59 Å². The Balaban J connectivity index is 0.00000196. The average Bonchev–Trinajstić information content (AvgIpc) is 3.34. The lowest BCUT2D eigenvalue weighted by Crippen LogP contribution is -2.51. The summed E-state index contributed by atoms with van der Waals surface area (Å²) in [6.45, 7) is 4.21. The highest BCUT2D eigenvalue weighted by atomic mass is 35.5. The summed E-state index contributed by atoms with van der Waals surface area (Å²) in [5, 5.41) is 3.36. The van der Waals surface area contributed by atoms with Crippen LogP contribution in [0.5, 0.6) is 0 Å². The minimum atomic E-state index is -0.402. The number of amides is 2. The fraction of sp³-hybridized carbons (Fsp3) is 0.579. The molecule has 0 bridgehead atoms. The maximum atomic E-state index is 13.3. The molecule has 2 heterocycles. The van der Waals surface area contributed by atoms with Gasteiger partial charge in [0.15, 0.2) is 0 Å². The van der Waals surface area contributed by atoms with E-state index in [1.807, 2.05) is 4.90 Å². The van der Waals surface area contributed by atoms with Gasteiger partial charge in [0.25, 0.3) is 5.91 Å². The number of nitrogens with zero attached hydrogens (tertiary/aromatic N) is 2. The summed E-state index contributed by atoms with van der Waals surface area (Å²) in [5.74, 6) is -0.117. The molecule has 3 fully saturated rings. The van der Waals surface area contributed by atoms with E-state index in [1.54, 1.807) is 17.0 Å². The van der Waals surface area contributed by atoms with Crippen LogP contribution in [0.1, 0.15) is 29.6 Å². The number of carbonyl (C=O) groups is 2. The first-order valence-electron chi connectivity index (χ1n) is 9.13. The van der Waals surface area contributed by atoms with Gasteiger partial charge in [-0.2, -0.15) is 0 Å². The first kappa shape index (κ1) is 19.1. The van der Waals surface area contributed by atoms with Crippen molar-refractivity contribution in [2.24, 2.45) is 11.3 Å². The number of nitrogens with one attached hydrogen (secondary N) is 1. The highest BCUT2D eigenvalue weighted by Gasteiger charge is 2.58. The Morgan fingerprint density at radius 2 is 1.73 bits per heavy atom. The molecule has 1 aliphatic carbocycles. The van der Waals surface area contributed by atoms with Crippen molar-refractivity contribution in [1.29, 1.82) is 0 Å². The maximum Gasteiger partial charge on any atom is 0.254 e. The fourth-order valence-electron chi connectivity index (χ4n) is 4.33. The third-order valence-corrected chi connectivity index (χ3v) is 6.04. The molecule has 1 atom stereocenters. The van der Waals surface area contributed by atoms with Gasteiger partial charge in [0.05, 0.1) is 0 Å². The SMILES string of the molecule is Cl.O=C(c1cccc(F)c1)N1CCN(C(=O)C2CC23CCNCC3)CC1. The van der Waals surface area contributed by atoms with Crippen molar-refractivity contribution in [1.82, 2.24) is 15.1 Å². The monoisotopic (exact) mass is 381 g/mol. The van der Waals surface area contributed by atoms with Crippen LogP contribution >= 0.6 is 12.4 Å². The predicted molar refractivity (Wildman–Crippen MR) is 98.8 cm³/mol. The summed E-state index contributed by atoms with van der Waals surface area (Å²) < 4.78 is 13.3. The fourth-order valence-corrected chi connectivity index (χ4v) is 4.33. The Hall–Kier alpha value is -1.66. The van der Waals surface area contributed by atoms with Gasteiger partial charge in [-0.1, -0.05) is 6.07 Å². The predicted octanol–water partition coefficient (Wildman–Crippen LogP) is 1.92. The lowest BCUT2D eigenvalue weighted by Gasteiger charge is -2.35. The first-order chi connectivity index (χ1) is 12.1. The van der Waals surface area contributed by atoms with E-state index in [9.17, 15) is 14.0 Å². The third-order valence-electron chi connectivity index (χ3n) is 6.04. The average molecular weight is 382 g/mol. The van der Waals surface area contributed by atoms with Crippen molar-refractivity contribution in [2.75, 3.05) is 39.3 Å². The molecule has 1 aromatic rings. The summed E-state index contributed by atoms with van der Waals surface area (Å²) in [6, 6.07) is 5.78. The van der Waals surface area contributed by atoms with Crippen LogP contribution in [0.4, 0.5) is 4.39 Å². The standard InChI is InChI=1S/C19H24FN3O2.ClH/c20-15-3-1-2-14(12-15)17(24)22-8-10-23(11-9-22)18(25)16-13-19(16)4-6-21-7-5-19;/h1-3,12,16,21H,4-11,13H2;1H. The highest BCUT2D eigenvalue weighted by Crippen LogP contribution is 2.59. The van der Waals surface area contributed by atoms with Crippen molar-refractivity contribution < 1.29 is 14.0 Å². The second-order valence-corrected chi connectivity index (χ2v) is 7.50. The number of hydrogen-bond acceptors (Lipinski definition) is 3. The third kappa shape index (κ3) is 3.58. The van der Waals surface area contributed by atoms with Gasteiger partial charge in [0.1, 0.15) is 5.82 Å². The van der Waals surface area contributed by atoms with E-state index in [2.05, 4.69) is 5.32 Å². The molecule has 1 N–H and O–H groups in total. The lowest BCUT2D eigenvalue weighted by atomic mass is 9.91. The Labute approximate surface area is 159 Å². The number of rotatable bonds is 2. The number of hydrogen-bond donors (Lipinski definition) is 1. The molecule has 7 heteroatoms. The number of halogens is 2. The van der Waals surface area contributed by atoms with Crippen LogP contribution in [-0.2, 0) is 4.79 Å². The van der Waals surface area contributed by atoms with Crippen LogP contribution in [0.25, 0.3) is 0 Å². The quantitative estimate of drug-likeness (QED) is 0.851. The molecule has 0 radical (unpaired) electrons. The molecule has 142 valence electrons. The van der Waals surface area contributed by atoms with E-state index in [0.717, 1.165) is 32.4 Å². The van der Waals surface area contributed by atoms with Crippen molar-refractivity contribution in [3.63, 3.8) is 0 Å². The Kier molecular flexibility index (Phi) is 5.53. The largest absolute Gasteiger partial charge is 0.339 e. The van der Waals surface area contributed by atoms with Crippen LogP contribution in [0.3, 0.4) is 0 Å². The van der Waals surface area contributed by atoms with E-state index in [0.29, 0.717) is 31.7 Å². The zero-order valence-electron chi connectivity index (χ0n) is 14.7. The van der Waals surface area contributed by atoms with Gasteiger partial charge >= 0.3 is 0 Å².